The molecule has 2 heterocycles. The Bertz CT molecular complexity index is 748. The molecule has 18 heavy (non-hydrogen) atoms. The number of nitrogen functional groups attached to an aromatic ring is 1. The summed E-state index contributed by atoms with van der Waals surface area (Å²) in [7, 11) is 0. The van der Waals surface area contributed by atoms with E-state index in [1.54, 1.807) is 6.92 Å². The molecule has 8 heteroatoms. The van der Waals surface area contributed by atoms with Crippen LogP contribution in [0.1, 0.15) is 5.82 Å². The third kappa shape index (κ3) is 1.53. The second kappa shape index (κ2) is 3.70. The van der Waals surface area contributed by atoms with E-state index in [1.807, 2.05) is 0 Å². The molecular weight excluding hydrogens is 260 g/mol. The molecule has 2 aromatic heterocycles. The van der Waals surface area contributed by atoms with Crippen LogP contribution in [-0.4, -0.2) is 19.8 Å². The van der Waals surface area contributed by atoms with Gasteiger partial charge in [0.25, 0.3) is 0 Å². The van der Waals surface area contributed by atoms with Crippen molar-refractivity contribution in [1.82, 2.24) is 19.8 Å². The lowest BCUT2D eigenvalue weighted by molar-refractivity contribution is 0.588. The van der Waals surface area contributed by atoms with Gasteiger partial charge >= 0.3 is 0 Å². The molecule has 0 saturated carbocycles. The summed E-state index contributed by atoms with van der Waals surface area (Å²) in [5.74, 6) is -0.886. The van der Waals surface area contributed by atoms with Crippen molar-refractivity contribution in [3.05, 3.63) is 29.6 Å². The zero-order valence-corrected chi connectivity index (χ0v) is 10.0. The fourth-order valence-corrected chi connectivity index (χ4v) is 2.46. The predicted molar refractivity (Wildman–Crippen MR) is 63.2 cm³/mol. The van der Waals surface area contributed by atoms with Crippen LogP contribution in [0.4, 0.5) is 14.5 Å². The van der Waals surface area contributed by atoms with Crippen LogP contribution >= 0.6 is 11.3 Å². The second-order valence-electron chi connectivity index (χ2n) is 3.70. The van der Waals surface area contributed by atoms with Crippen molar-refractivity contribution in [2.75, 3.05) is 5.73 Å². The first-order valence-corrected chi connectivity index (χ1v) is 5.81. The first-order valence-electron chi connectivity index (χ1n) is 5.00. The van der Waals surface area contributed by atoms with Crippen LogP contribution in [0, 0.1) is 18.6 Å². The van der Waals surface area contributed by atoms with Gasteiger partial charge in [0.2, 0.25) is 4.96 Å². The molecule has 5 nitrogen and oxygen atoms in total. The van der Waals surface area contributed by atoms with Gasteiger partial charge in [-0.2, -0.15) is 9.61 Å². The molecule has 0 unspecified atom stereocenters. The number of benzene rings is 1. The average Bonchev–Trinajstić information content (AvgIpc) is 2.87. The Morgan fingerprint density at radius 3 is 2.72 bits per heavy atom. The molecule has 92 valence electrons. The topological polar surface area (TPSA) is 69.1 Å². The Kier molecular flexibility index (Phi) is 2.27. The number of anilines is 1. The number of nitrogens with two attached hydrogens (primary N) is 1. The van der Waals surface area contributed by atoms with Crippen LogP contribution in [0.2, 0.25) is 0 Å². The number of aromatic nitrogens is 4. The van der Waals surface area contributed by atoms with Crippen LogP contribution in [0.3, 0.4) is 0 Å². The quantitative estimate of drug-likeness (QED) is 0.685. The Morgan fingerprint density at radius 1 is 1.22 bits per heavy atom. The van der Waals surface area contributed by atoms with Gasteiger partial charge in [0.05, 0.1) is 11.3 Å². The number of hydrogen-bond donors (Lipinski definition) is 1. The summed E-state index contributed by atoms with van der Waals surface area (Å²) in [6, 6.07) is 1.98. The first kappa shape index (κ1) is 11.0. The van der Waals surface area contributed by atoms with Gasteiger partial charge in [0, 0.05) is 6.07 Å². The summed E-state index contributed by atoms with van der Waals surface area (Å²) >= 11 is 1.16. The standard InChI is InChI=1S/C10H7F2N5S/c1-4-14-15-10-17(4)16-9(18-10)5-2-8(13)7(12)3-6(5)11/h2-3H,13H2,1H3. The maximum atomic E-state index is 13.7. The molecule has 0 fully saturated rings. The largest absolute Gasteiger partial charge is 0.396 e. The van der Waals surface area contributed by atoms with E-state index in [0.29, 0.717) is 15.8 Å². The van der Waals surface area contributed by atoms with Crippen LogP contribution in [0.5, 0.6) is 0 Å². The minimum Gasteiger partial charge on any atom is -0.396 e. The van der Waals surface area contributed by atoms with E-state index in [4.69, 9.17) is 5.73 Å². The van der Waals surface area contributed by atoms with Gasteiger partial charge in [0.15, 0.2) is 10.8 Å². The van der Waals surface area contributed by atoms with E-state index < -0.39 is 11.6 Å². The third-order valence-corrected chi connectivity index (χ3v) is 3.40. The van der Waals surface area contributed by atoms with Gasteiger partial charge in [-0.3, -0.25) is 0 Å². The van der Waals surface area contributed by atoms with E-state index in [-0.39, 0.29) is 11.3 Å². The summed E-state index contributed by atoms with van der Waals surface area (Å²) in [5, 5.41) is 12.3. The lowest BCUT2D eigenvalue weighted by Gasteiger charge is -2.01. The highest BCUT2D eigenvalue weighted by molar-refractivity contribution is 7.19. The molecule has 0 aliphatic carbocycles. The van der Waals surface area contributed by atoms with Crippen molar-refractivity contribution < 1.29 is 8.78 Å². The number of hydrogen-bond acceptors (Lipinski definition) is 5. The maximum Gasteiger partial charge on any atom is 0.234 e. The molecule has 0 aliphatic rings. The Morgan fingerprint density at radius 2 is 2.00 bits per heavy atom. The molecule has 0 atom stereocenters. The highest BCUT2D eigenvalue weighted by atomic mass is 32.1. The minimum absolute atomic E-state index is 0.117. The van der Waals surface area contributed by atoms with Crippen LogP contribution in [0.25, 0.3) is 15.5 Å². The summed E-state index contributed by atoms with van der Waals surface area (Å²) < 4.78 is 28.3. The summed E-state index contributed by atoms with van der Waals surface area (Å²) in [4.78, 5) is 0.546. The van der Waals surface area contributed by atoms with Crippen LogP contribution in [0.15, 0.2) is 12.1 Å². The van der Waals surface area contributed by atoms with Crippen molar-refractivity contribution in [2.24, 2.45) is 0 Å². The Balaban J connectivity index is 2.22. The van der Waals surface area contributed by atoms with E-state index in [1.165, 1.54) is 10.6 Å². The van der Waals surface area contributed by atoms with Gasteiger partial charge in [-0.15, -0.1) is 10.2 Å². The molecule has 0 spiro atoms. The molecular formula is C10H7F2N5S. The highest BCUT2D eigenvalue weighted by Gasteiger charge is 2.16. The Hall–Kier alpha value is -2.09. The van der Waals surface area contributed by atoms with Crippen LogP contribution < -0.4 is 5.73 Å². The summed E-state index contributed by atoms with van der Waals surface area (Å²) in [6.45, 7) is 1.73. The third-order valence-electron chi connectivity index (χ3n) is 2.46. The normalized spacial score (nSPS) is 11.3. The lowest BCUT2D eigenvalue weighted by Crippen LogP contribution is -1.95. The molecule has 2 N–H and O–H groups in total. The van der Waals surface area contributed by atoms with Crippen molar-refractivity contribution in [1.29, 1.82) is 0 Å². The van der Waals surface area contributed by atoms with Gasteiger partial charge < -0.3 is 5.73 Å². The van der Waals surface area contributed by atoms with Gasteiger partial charge in [0.1, 0.15) is 11.6 Å². The number of aryl methyl sites for hydroxylation is 1. The number of nitrogens with zero attached hydrogens (tertiary/aromatic N) is 4. The molecule has 0 radical (unpaired) electrons. The molecule has 3 aromatic rings. The lowest BCUT2D eigenvalue weighted by atomic mass is 10.2. The van der Waals surface area contributed by atoms with E-state index in [0.717, 1.165) is 17.4 Å². The fraction of sp³-hybridized carbons (Fsp3) is 0.100. The number of rotatable bonds is 1. The molecule has 0 bridgehead atoms. The summed E-state index contributed by atoms with van der Waals surface area (Å²) in [6.07, 6.45) is 0. The SMILES string of the molecule is Cc1nnc2sc(-c3cc(N)c(F)cc3F)nn12. The van der Waals surface area contributed by atoms with E-state index in [9.17, 15) is 8.78 Å². The molecule has 0 saturated heterocycles. The van der Waals surface area contributed by atoms with Gasteiger partial charge in [-0.25, -0.2) is 8.78 Å². The van der Waals surface area contributed by atoms with Crippen molar-refractivity contribution in [3.8, 4) is 10.6 Å². The zero-order valence-electron chi connectivity index (χ0n) is 9.19. The average molecular weight is 267 g/mol. The minimum atomic E-state index is -0.782. The van der Waals surface area contributed by atoms with E-state index >= 15 is 0 Å². The van der Waals surface area contributed by atoms with Crippen molar-refractivity contribution >= 4 is 22.0 Å². The zero-order chi connectivity index (χ0) is 12.9. The molecule has 0 amide bonds. The van der Waals surface area contributed by atoms with E-state index in [2.05, 4.69) is 15.3 Å². The molecule has 3 rings (SSSR count). The fourth-order valence-electron chi connectivity index (χ4n) is 1.55. The number of halogens is 2. The monoisotopic (exact) mass is 267 g/mol. The predicted octanol–water partition coefficient (Wildman–Crippen LogP) is 2.02. The first-order chi connectivity index (χ1) is 8.56. The molecule has 1 aromatic carbocycles. The molecule has 0 aliphatic heterocycles. The van der Waals surface area contributed by atoms with Crippen molar-refractivity contribution in [2.45, 2.75) is 6.92 Å². The number of fused-ring (bicyclic) bond motifs is 1. The Labute approximate surface area is 104 Å². The highest BCUT2D eigenvalue weighted by Crippen LogP contribution is 2.30. The van der Waals surface area contributed by atoms with Crippen LogP contribution in [-0.2, 0) is 0 Å². The second-order valence-corrected chi connectivity index (χ2v) is 4.66. The van der Waals surface area contributed by atoms with Gasteiger partial charge in [-0.05, 0) is 13.0 Å². The van der Waals surface area contributed by atoms with Crippen molar-refractivity contribution in [3.63, 3.8) is 0 Å². The summed E-state index contributed by atoms with van der Waals surface area (Å²) in [5.41, 5.74) is 5.47. The maximum absolute atomic E-state index is 13.7. The van der Waals surface area contributed by atoms with Gasteiger partial charge in [-0.1, -0.05) is 11.3 Å². The smallest absolute Gasteiger partial charge is 0.234 e.